The number of H-pyrrole nitrogens is 2. The normalized spacial score (nSPS) is 15.2. The number of hydrogen-bond acceptors (Lipinski definition) is 6. The molecule has 1 aromatic heterocycles. The molecule has 0 bridgehead atoms. The van der Waals surface area contributed by atoms with Gasteiger partial charge in [0.2, 0.25) is 10.0 Å². The van der Waals surface area contributed by atoms with Crippen molar-refractivity contribution in [2.75, 3.05) is 25.0 Å². The Hall–Kier alpha value is -3.44. The topological polar surface area (TPSA) is 141 Å². The molecule has 2 aromatic carbocycles. The Morgan fingerprint density at radius 3 is 2.30 bits per heavy atom. The first-order valence-corrected chi connectivity index (χ1v) is 12.1. The number of imidazole rings is 1. The number of sulfonamides is 1. The van der Waals surface area contributed by atoms with Gasteiger partial charge in [-0.15, -0.1) is 0 Å². The average Bonchev–Trinajstić information content (AvgIpc) is 2.98. The van der Waals surface area contributed by atoms with Gasteiger partial charge >= 0.3 is 11.7 Å². The predicted molar refractivity (Wildman–Crippen MR) is 122 cm³/mol. The molecular formula is C22H24N4O6S. The maximum absolute atomic E-state index is 12.8. The highest BCUT2D eigenvalue weighted by molar-refractivity contribution is 7.89. The van der Waals surface area contributed by atoms with Gasteiger partial charge in [-0.05, 0) is 55.3 Å². The monoisotopic (exact) mass is 472 g/mol. The lowest BCUT2D eigenvalue weighted by atomic mass is 10.2. The SMILES string of the molecule is O=C(COC(=O)c1ccc(S(=O)(=O)N2CCCCCC2)cc1)Nc1ccc2[nH]c(=O)[nH]c2c1. The van der Waals surface area contributed by atoms with Crippen LogP contribution in [0.1, 0.15) is 36.0 Å². The summed E-state index contributed by atoms with van der Waals surface area (Å²) in [6, 6.07) is 10.3. The second-order valence-corrected chi connectivity index (χ2v) is 9.74. The van der Waals surface area contributed by atoms with Crippen LogP contribution in [0, 0.1) is 0 Å². The van der Waals surface area contributed by atoms with E-state index in [2.05, 4.69) is 15.3 Å². The van der Waals surface area contributed by atoms with Crippen molar-refractivity contribution in [3.05, 3.63) is 58.5 Å². The number of benzene rings is 2. The molecule has 2 heterocycles. The Morgan fingerprint density at radius 2 is 1.61 bits per heavy atom. The highest BCUT2D eigenvalue weighted by atomic mass is 32.2. The molecule has 11 heteroatoms. The van der Waals surface area contributed by atoms with Crippen LogP contribution in [-0.4, -0.2) is 54.3 Å². The minimum absolute atomic E-state index is 0.122. The molecule has 10 nitrogen and oxygen atoms in total. The van der Waals surface area contributed by atoms with E-state index in [1.165, 1.54) is 28.6 Å². The lowest BCUT2D eigenvalue weighted by Crippen LogP contribution is -2.31. The zero-order chi connectivity index (χ0) is 23.4. The third-order valence-corrected chi connectivity index (χ3v) is 7.34. The summed E-state index contributed by atoms with van der Waals surface area (Å²) < 4.78 is 32.2. The first-order chi connectivity index (χ1) is 15.8. The van der Waals surface area contributed by atoms with E-state index >= 15 is 0 Å². The molecule has 0 spiro atoms. The molecule has 0 aliphatic carbocycles. The Morgan fingerprint density at radius 1 is 0.939 bits per heavy atom. The van der Waals surface area contributed by atoms with E-state index in [4.69, 9.17) is 4.74 Å². The summed E-state index contributed by atoms with van der Waals surface area (Å²) in [6.07, 6.45) is 3.71. The largest absolute Gasteiger partial charge is 0.452 e. The maximum Gasteiger partial charge on any atom is 0.338 e. The molecule has 4 rings (SSSR count). The first kappa shape index (κ1) is 22.7. The molecule has 1 aliphatic rings. The summed E-state index contributed by atoms with van der Waals surface area (Å²) in [5, 5.41) is 2.58. The molecule has 0 atom stereocenters. The third-order valence-electron chi connectivity index (χ3n) is 5.43. The van der Waals surface area contributed by atoms with Gasteiger partial charge in [0.05, 0.1) is 21.5 Å². The number of carbonyl (C=O) groups is 2. The fourth-order valence-corrected chi connectivity index (χ4v) is 5.23. The maximum atomic E-state index is 12.8. The van der Waals surface area contributed by atoms with Gasteiger partial charge in [0, 0.05) is 18.8 Å². The van der Waals surface area contributed by atoms with Crippen molar-refractivity contribution in [2.45, 2.75) is 30.6 Å². The van der Waals surface area contributed by atoms with Crippen molar-refractivity contribution >= 4 is 38.6 Å². The van der Waals surface area contributed by atoms with Gasteiger partial charge in [-0.25, -0.2) is 18.0 Å². The van der Waals surface area contributed by atoms with Crippen LogP contribution >= 0.6 is 0 Å². The molecule has 33 heavy (non-hydrogen) atoms. The summed E-state index contributed by atoms with van der Waals surface area (Å²) >= 11 is 0. The summed E-state index contributed by atoms with van der Waals surface area (Å²) in [4.78, 5) is 41.0. The zero-order valence-corrected chi connectivity index (χ0v) is 18.6. The van der Waals surface area contributed by atoms with Crippen LogP contribution in [0.4, 0.5) is 5.69 Å². The third kappa shape index (κ3) is 5.32. The highest BCUT2D eigenvalue weighted by Crippen LogP contribution is 2.21. The van der Waals surface area contributed by atoms with Crippen molar-refractivity contribution in [3.8, 4) is 0 Å². The number of hydrogen-bond donors (Lipinski definition) is 3. The number of aromatic nitrogens is 2. The van der Waals surface area contributed by atoms with Gasteiger partial charge < -0.3 is 20.0 Å². The summed E-state index contributed by atoms with van der Waals surface area (Å²) in [5.41, 5.74) is 1.36. The number of rotatable bonds is 6. The van der Waals surface area contributed by atoms with Crippen LogP contribution in [0.2, 0.25) is 0 Å². The molecule has 1 amide bonds. The molecule has 3 aromatic rings. The van der Waals surface area contributed by atoms with Crippen LogP contribution in [-0.2, 0) is 19.6 Å². The Kier molecular flexibility index (Phi) is 6.61. The minimum Gasteiger partial charge on any atom is -0.452 e. The number of aromatic amines is 2. The van der Waals surface area contributed by atoms with E-state index in [9.17, 15) is 22.8 Å². The van der Waals surface area contributed by atoms with Crippen molar-refractivity contribution < 1.29 is 22.7 Å². The van der Waals surface area contributed by atoms with E-state index < -0.39 is 28.5 Å². The second-order valence-electron chi connectivity index (χ2n) is 7.81. The second kappa shape index (κ2) is 9.59. The summed E-state index contributed by atoms with van der Waals surface area (Å²) in [5.74, 6) is -1.30. The Balaban J connectivity index is 1.34. The van der Waals surface area contributed by atoms with Gasteiger partial charge in [0.25, 0.3) is 5.91 Å². The molecule has 1 fully saturated rings. The molecule has 1 saturated heterocycles. The molecule has 0 radical (unpaired) electrons. The van der Waals surface area contributed by atoms with E-state index in [0.29, 0.717) is 29.8 Å². The van der Waals surface area contributed by atoms with Crippen LogP contribution < -0.4 is 11.0 Å². The van der Waals surface area contributed by atoms with Crippen LogP contribution in [0.25, 0.3) is 11.0 Å². The van der Waals surface area contributed by atoms with Crippen molar-refractivity contribution in [1.82, 2.24) is 14.3 Å². The minimum atomic E-state index is -3.61. The number of ether oxygens (including phenoxy) is 1. The van der Waals surface area contributed by atoms with E-state index in [1.54, 1.807) is 18.2 Å². The molecule has 174 valence electrons. The van der Waals surface area contributed by atoms with Gasteiger partial charge in [-0.1, -0.05) is 12.8 Å². The van der Waals surface area contributed by atoms with Crippen molar-refractivity contribution in [2.24, 2.45) is 0 Å². The van der Waals surface area contributed by atoms with E-state index in [-0.39, 0.29) is 16.1 Å². The van der Waals surface area contributed by atoms with Gasteiger partial charge in [-0.2, -0.15) is 4.31 Å². The first-order valence-electron chi connectivity index (χ1n) is 10.6. The number of carbonyl (C=O) groups excluding carboxylic acids is 2. The van der Waals surface area contributed by atoms with Gasteiger partial charge in [-0.3, -0.25) is 4.79 Å². The van der Waals surface area contributed by atoms with Crippen LogP contribution in [0.3, 0.4) is 0 Å². The fourth-order valence-electron chi connectivity index (χ4n) is 3.72. The lowest BCUT2D eigenvalue weighted by Gasteiger charge is -2.19. The average molecular weight is 473 g/mol. The number of nitrogens with zero attached hydrogens (tertiary/aromatic N) is 1. The fraction of sp³-hybridized carbons (Fsp3) is 0.318. The number of nitrogens with one attached hydrogen (secondary N) is 3. The predicted octanol–water partition coefficient (Wildman–Crippen LogP) is 2.22. The van der Waals surface area contributed by atoms with E-state index in [1.807, 2.05) is 0 Å². The van der Waals surface area contributed by atoms with Gasteiger partial charge in [0.1, 0.15) is 0 Å². The lowest BCUT2D eigenvalue weighted by molar-refractivity contribution is -0.119. The highest BCUT2D eigenvalue weighted by Gasteiger charge is 2.25. The Labute approximate surface area is 190 Å². The number of fused-ring (bicyclic) bond motifs is 1. The summed E-state index contributed by atoms with van der Waals surface area (Å²) in [7, 11) is -3.61. The standard InChI is InChI=1S/C22H24N4O6S/c27-20(23-16-7-10-18-19(13-16)25-22(29)24-18)14-32-21(28)15-5-8-17(9-6-15)33(30,31)26-11-3-1-2-4-12-26/h5-10,13H,1-4,11-12,14H2,(H,23,27)(H2,24,25,29). The molecule has 1 aliphatic heterocycles. The molecule has 0 saturated carbocycles. The zero-order valence-electron chi connectivity index (χ0n) is 17.8. The molecule has 0 unspecified atom stereocenters. The number of anilines is 1. The van der Waals surface area contributed by atoms with Crippen LogP contribution in [0.15, 0.2) is 52.2 Å². The molecular weight excluding hydrogens is 448 g/mol. The van der Waals surface area contributed by atoms with Crippen molar-refractivity contribution in [3.63, 3.8) is 0 Å². The summed E-state index contributed by atoms with van der Waals surface area (Å²) in [6.45, 7) is 0.469. The van der Waals surface area contributed by atoms with Crippen LogP contribution in [0.5, 0.6) is 0 Å². The Bertz CT molecular complexity index is 1320. The number of esters is 1. The van der Waals surface area contributed by atoms with E-state index in [0.717, 1.165) is 25.7 Å². The smallest absolute Gasteiger partial charge is 0.338 e. The van der Waals surface area contributed by atoms with Gasteiger partial charge in [0.15, 0.2) is 6.61 Å². The molecule has 3 N–H and O–H groups in total. The quantitative estimate of drug-likeness (QED) is 0.470. The van der Waals surface area contributed by atoms with Crippen molar-refractivity contribution in [1.29, 1.82) is 0 Å². The number of amides is 1.